The van der Waals surface area contributed by atoms with Crippen LogP contribution in [-0.4, -0.2) is 6.34 Å². The molecular formula is C34H26BrN3. The van der Waals surface area contributed by atoms with E-state index in [1.165, 1.54) is 5.56 Å². The van der Waals surface area contributed by atoms with Crippen molar-refractivity contribution in [1.29, 1.82) is 0 Å². The molecule has 0 aliphatic carbocycles. The Morgan fingerprint density at radius 1 is 0.579 bits per heavy atom. The monoisotopic (exact) mass is 555 g/mol. The maximum atomic E-state index is 5.19. The highest BCUT2D eigenvalue weighted by molar-refractivity contribution is 9.08. The summed E-state index contributed by atoms with van der Waals surface area (Å²) in [5.41, 5.74) is 5.84. The summed E-state index contributed by atoms with van der Waals surface area (Å²) >= 11 is 3.57. The Hall–Kier alpha value is -4.15. The first-order chi connectivity index (χ1) is 18.8. The molecule has 0 radical (unpaired) electrons. The van der Waals surface area contributed by atoms with Crippen molar-refractivity contribution in [3.05, 3.63) is 167 Å². The van der Waals surface area contributed by atoms with Crippen LogP contribution in [0, 0.1) is 0 Å². The van der Waals surface area contributed by atoms with E-state index in [0.717, 1.165) is 38.7 Å². The minimum absolute atomic E-state index is 0.792. The van der Waals surface area contributed by atoms with E-state index >= 15 is 0 Å². The predicted octanol–water partition coefficient (Wildman–Crippen LogP) is 8.93. The van der Waals surface area contributed by atoms with Crippen molar-refractivity contribution >= 4 is 22.3 Å². The molecule has 0 N–H and O–H groups in total. The number of hydrogen-bond donors (Lipinski definition) is 0. The fourth-order valence-corrected chi connectivity index (χ4v) is 6.10. The number of azo groups is 1. The second-order valence-corrected chi connectivity index (χ2v) is 9.92. The summed E-state index contributed by atoms with van der Waals surface area (Å²) in [6, 6.07) is 48.9. The summed E-state index contributed by atoms with van der Waals surface area (Å²) in [6.07, 6.45) is 1.61. The Bertz CT molecular complexity index is 1470. The van der Waals surface area contributed by atoms with E-state index in [2.05, 4.69) is 161 Å². The van der Waals surface area contributed by atoms with Gasteiger partial charge in [-0.15, -0.1) is 5.11 Å². The maximum Gasteiger partial charge on any atom is 0.216 e. The average Bonchev–Trinajstić information content (AvgIpc) is 3.50. The van der Waals surface area contributed by atoms with Crippen molar-refractivity contribution in [2.24, 2.45) is 15.2 Å². The molecule has 0 fully saturated rings. The lowest BCUT2D eigenvalue weighted by Crippen LogP contribution is -2.48. The third-order valence-corrected chi connectivity index (χ3v) is 8.01. The van der Waals surface area contributed by atoms with Crippen molar-refractivity contribution in [3.8, 4) is 11.1 Å². The lowest BCUT2D eigenvalue weighted by molar-refractivity contribution is 0.323. The van der Waals surface area contributed by atoms with Crippen LogP contribution in [0.4, 0.5) is 0 Å². The zero-order valence-corrected chi connectivity index (χ0v) is 22.4. The van der Waals surface area contributed by atoms with Crippen LogP contribution < -0.4 is 0 Å². The first-order valence-corrected chi connectivity index (χ1v) is 13.8. The van der Waals surface area contributed by atoms with E-state index in [9.17, 15) is 0 Å². The third-order valence-electron chi connectivity index (χ3n) is 7.36. The van der Waals surface area contributed by atoms with Gasteiger partial charge in [-0.05, 0) is 33.4 Å². The van der Waals surface area contributed by atoms with Crippen LogP contribution >= 0.6 is 15.9 Å². The lowest BCUT2D eigenvalue weighted by atomic mass is 9.59. The van der Waals surface area contributed by atoms with Crippen LogP contribution in [0.15, 0.2) is 155 Å². The number of aliphatic imine (C=N–C) groups is 1. The van der Waals surface area contributed by atoms with Gasteiger partial charge in [0.25, 0.3) is 0 Å². The summed E-state index contributed by atoms with van der Waals surface area (Å²) in [5, 5.41) is 10.3. The highest BCUT2D eigenvalue weighted by atomic mass is 79.9. The molecule has 0 bridgehead atoms. The second kappa shape index (κ2) is 10.3. The van der Waals surface area contributed by atoms with E-state index in [1.54, 1.807) is 6.34 Å². The number of hydrogen-bond acceptors (Lipinski definition) is 3. The topological polar surface area (TPSA) is 37.1 Å². The molecule has 0 saturated carbocycles. The quantitative estimate of drug-likeness (QED) is 0.142. The van der Waals surface area contributed by atoms with Crippen molar-refractivity contribution in [1.82, 2.24) is 0 Å². The maximum absolute atomic E-state index is 5.19. The van der Waals surface area contributed by atoms with Gasteiger partial charge in [0.1, 0.15) is 6.34 Å². The van der Waals surface area contributed by atoms with Crippen LogP contribution in [0.25, 0.3) is 11.1 Å². The zero-order valence-electron chi connectivity index (χ0n) is 20.8. The molecule has 184 valence electrons. The second-order valence-electron chi connectivity index (χ2n) is 9.36. The molecule has 1 aliphatic rings. The Balaban J connectivity index is 1.74. The van der Waals surface area contributed by atoms with Gasteiger partial charge in [-0.2, -0.15) is 5.11 Å². The predicted molar refractivity (Wildman–Crippen MR) is 159 cm³/mol. The van der Waals surface area contributed by atoms with Crippen molar-refractivity contribution < 1.29 is 0 Å². The lowest BCUT2D eigenvalue weighted by Gasteiger charge is -2.46. The molecule has 0 amide bonds. The van der Waals surface area contributed by atoms with E-state index in [-0.39, 0.29) is 0 Å². The number of nitrogens with zero attached hydrogens (tertiary/aromatic N) is 3. The highest BCUT2D eigenvalue weighted by Crippen LogP contribution is 2.57. The summed E-state index contributed by atoms with van der Waals surface area (Å²) in [7, 11) is 0. The van der Waals surface area contributed by atoms with Gasteiger partial charge in [-0.3, -0.25) is 0 Å². The van der Waals surface area contributed by atoms with Gasteiger partial charge >= 0.3 is 0 Å². The minimum Gasteiger partial charge on any atom is -0.233 e. The molecule has 0 aromatic heterocycles. The molecule has 6 rings (SSSR count). The number of halogens is 1. The summed E-state index contributed by atoms with van der Waals surface area (Å²) in [5.74, 6) is 0. The van der Waals surface area contributed by atoms with Gasteiger partial charge in [0, 0.05) is 10.9 Å². The van der Waals surface area contributed by atoms with Gasteiger partial charge in [0.05, 0.1) is 5.41 Å². The molecule has 4 heteroatoms. The van der Waals surface area contributed by atoms with Crippen LogP contribution in [0.3, 0.4) is 0 Å². The van der Waals surface area contributed by atoms with Crippen molar-refractivity contribution in [2.45, 2.75) is 16.4 Å². The van der Waals surface area contributed by atoms with Crippen molar-refractivity contribution in [3.63, 3.8) is 0 Å². The zero-order chi connectivity index (χ0) is 25.8. The molecule has 3 nitrogen and oxygen atoms in total. The molecule has 0 spiro atoms. The first kappa shape index (κ1) is 24.2. The molecule has 0 saturated heterocycles. The Morgan fingerprint density at radius 2 is 1.08 bits per heavy atom. The molecule has 1 aliphatic heterocycles. The number of alkyl halides is 1. The van der Waals surface area contributed by atoms with E-state index in [1.807, 2.05) is 0 Å². The van der Waals surface area contributed by atoms with E-state index in [4.69, 9.17) is 10.1 Å². The van der Waals surface area contributed by atoms with Gasteiger partial charge in [0.2, 0.25) is 5.66 Å². The Kier molecular flexibility index (Phi) is 6.57. The molecule has 1 unspecified atom stereocenters. The van der Waals surface area contributed by atoms with Gasteiger partial charge in [0.15, 0.2) is 0 Å². The Labute approximate surface area is 231 Å². The van der Waals surface area contributed by atoms with Gasteiger partial charge in [-0.1, -0.05) is 155 Å². The molecule has 1 heterocycles. The molecule has 38 heavy (non-hydrogen) atoms. The number of benzene rings is 5. The molecule has 1 atom stereocenters. The largest absolute Gasteiger partial charge is 0.233 e. The normalized spacial score (nSPS) is 16.6. The van der Waals surface area contributed by atoms with Crippen LogP contribution in [0.2, 0.25) is 0 Å². The average molecular weight is 557 g/mol. The fraction of sp³-hybridized carbons (Fsp3) is 0.0882. The third kappa shape index (κ3) is 3.84. The molecule has 5 aromatic carbocycles. The van der Waals surface area contributed by atoms with Crippen LogP contribution in [0.1, 0.15) is 27.8 Å². The minimum atomic E-state index is -1.08. The fourth-order valence-electron chi connectivity index (χ4n) is 5.72. The standard InChI is InChI=1S/C34H26BrN3/c35-24-26-20-22-27(23-21-26)31-18-10-11-19-32(31)34(36-25-37-38-34)33(28-12-4-1-5-13-28,29-14-6-2-7-15-29)30-16-8-3-9-17-30/h1-23,25H,24H2. The Morgan fingerprint density at radius 3 is 1.55 bits per heavy atom. The molecular weight excluding hydrogens is 530 g/mol. The van der Waals surface area contributed by atoms with E-state index in [0.29, 0.717) is 0 Å². The first-order valence-electron chi connectivity index (χ1n) is 12.7. The van der Waals surface area contributed by atoms with Gasteiger partial charge in [-0.25, -0.2) is 4.99 Å². The number of rotatable bonds is 7. The summed E-state index contributed by atoms with van der Waals surface area (Å²) < 4.78 is 0. The van der Waals surface area contributed by atoms with E-state index < -0.39 is 11.1 Å². The summed E-state index contributed by atoms with van der Waals surface area (Å²) in [4.78, 5) is 5.19. The summed E-state index contributed by atoms with van der Waals surface area (Å²) in [6.45, 7) is 0. The highest BCUT2D eigenvalue weighted by Gasteiger charge is 2.58. The van der Waals surface area contributed by atoms with Crippen LogP contribution in [-0.2, 0) is 16.4 Å². The van der Waals surface area contributed by atoms with Gasteiger partial charge < -0.3 is 0 Å². The van der Waals surface area contributed by atoms with Crippen molar-refractivity contribution in [2.75, 3.05) is 0 Å². The molecule has 5 aromatic rings. The van der Waals surface area contributed by atoms with Crippen LogP contribution in [0.5, 0.6) is 0 Å². The smallest absolute Gasteiger partial charge is 0.216 e. The SMILES string of the molecule is BrCc1ccc(-c2ccccc2C2(C(c3ccccc3)(c3ccccc3)c3ccccc3)N=CN=N2)cc1.